The minimum Gasteiger partial charge on any atom is -0.379 e. The Kier molecular flexibility index (Phi) is 4.05. The van der Waals surface area contributed by atoms with Gasteiger partial charge in [0, 0.05) is 32.5 Å². The molecule has 1 heterocycles. The molecular formula is C14H16ClN3. The number of pyridine rings is 1. The number of aromatic nitrogens is 1. The number of rotatable bonds is 4. The molecule has 2 rings (SSSR count). The Bertz CT molecular complexity index is 509. The average molecular weight is 262 g/mol. The van der Waals surface area contributed by atoms with E-state index >= 15 is 0 Å². The lowest BCUT2D eigenvalue weighted by Gasteiger charge is -2.13. The van der Waals surface area contributed by atoms with Gasteiger partial charge >= 0.3 is 0 Å². The van der Waals surface area contributed by atoms with Crippen LogP contribution in [-0.4, -0.2) is 19.1 Å². The van der Waals surface area contributed by atoms with E-state index in [1.54, 1.807) is 18.5 Å². The maximum Gasteiger partial charge on any atom is 0.0718 e. The van der Waals surface area contributed by atoms with Crippen LogP contribution in [-0.2, 0) is 6.54 Å². The van der Waals surface area contributed by atoms with Crippen molar-refractivity contribution < 1.29 is 0 Å². The Morgan fingerprint density at radius 2 is 1.89 bits per heavy atom. The second kappa shape index (κ2) is 5.74. The first kappa shape index (κ1) is 12.7. The van der Waals surface area contributed by atoms with Gasteiger partial charge in [-0.15, -0.1) is 0 Å². The summed E-state index contributed by atoms with van der Waals surface area (Å²) in [7, 11) is 4.06. The van der Waals surface area contributed by atoms with Crippen molar-refractivity contribution in [2.75, 3.05) is 24.3 Å². The number of nitrogens with one attached hydrogen (secondary N) is 1. The van der Waals surface area contributed by atoms with Gasteiger partial charge in [0.1, 0.15) is 0 Å². The fraction of sp³-hybridized carbons (Fsp3) is 0.214. The number of hydrogen-bond donors (Lipinski definition) is 1. The highest BCUT2D eigenvalue weighted by Crippen LogP contribution is 2.20. The maximum absolute atomic E-state index is 6.05. The summed E-state index contributed by atoms with van der Waals surface area (Å²) < 4.78 is 0. The molecule has 0 aliphatic carbocycles. The number of halogens is 1. The molecular weight excluding hydrogens is 246 g/mol. The predicted octanol–water partition coefficient (Wildman–Crippen LogP) is 3.41. The molecule has 0 saturated heterocycles. The zero-order valence-electron chi connectivity index (χ0n) is 10.5. The molecule has 1 N–H and O–H groups in total. The lowest BCUT2D eigenvalue weighted by molar-refractivity contribution is 1.11. The van der Waals surface area contributed by atoms with Crippen LogP contribution in [0.3, 0.4) is 0 Å². The van der Waals surface area contributed by atoms with Crippen molar-refractivity contribution in [3.63, 3.8) is 0 Å². The highest BCUT2D eigenvalue weighted by Gasteiger charge is 2.00. The minimum atomic E-state index is 0.690. The van der Waals surface area contributed by atoms with Gasteiger partial charge in [-0.25, -0.2) is 0 Å². The van der Waals surface area contributed by atoms with Gasteiger partial charge in [-0.2, -0.15) is 0 Å². The molecule has 0 amide bonds. The smallest absolute Gasteiger partial charge is 0.0718 e. The largest absolute Gasteiger partial charge is 0.379 e. The van der Waals surface area contributed by atoms with Gasteiger partial charge in [0.2, 0.25) is 0 Å². The Morgan fingerprint density at radius 1 is 1.17 bits per heavy atom. The SMILES string of the molecule is CN(C)c1ccc(CNc2cnccc2Cl)cc1. The minimum absolute atomic E-state index is 0.690. The molecule has 4 heteroatoms. The highest BCUT2D eigenvalue weighted by atomic mass is 35.5. The third-order valence-electron chi connectivity index (χ3n) is 2.70. The third-order valence-corrected chi connectivity index (χ3v) is 3.03. The van der Waals surface area contributed by atoms with Crippen LogP contribution in [0.1, 0.15) is 5.56 Å². The van der Waals surface area contributed by atoms with Crippen molar-refractivity contribution in [2.45, 2.75) is 6.54 Å². The van der Waals surface area contributed by atoms with Crippen LogP contribution in [0.2, 0.25) is 5.02 Å². The Morgan fingerprint density at radius 3 is 2.50 bits per heavy atom. The zero-order chi connectivity index (χ0) is 13.0. The van der Waals surface area contributed by atoms with Crippen LogP contribution in [0.15, 0.2) is 42.7 Å². The zero-order valence-corrected chi connectivity index (χ0v) is 11.3. The van der Waals surface area contributed by atoms with Crippen molar-refractivity contribution in [3.05, 3.63) is 53.3 Å². The van der Waals surface area contributed by atoms with Gasteiger partial charge in [0.15, 0.2) is 0 Å². The molecule has 1 aromatic carbocycles. The maximum atomic E-state index is 6.05. The molecule has 3 nitrogen and oxygen atoms in total. The van der Waals surface area contributed by atoms with Gasteiger partial charge in [-0.05, 0) is 23.8 Å². The van der Waals surface area contributed by atoms with E-state index in [-0.39, 0.29) is 0 Å². The number of nitrogens with zero attached hydrogens (tertiary/aromatic N) is 2. The van der Waals surface area contributed by atoms with E-state index in [0.717, 1.165) is 12.2 Å². The second-order valence-electron chi connectivity index (χ2n) is 4.27. The molecule has 0 saturated carbocycles. The van der Waals surface area contributed by atoms with Crippen LogP contribution in [0.5, 0.6) is 0 Å². The first-order chi connectivity index (χ1) is 8.66. The number of benzene rings is 1. The summed E-state index contributed by atoms with van der Waals surface area (Å²) in [5.41, 5.74) is 3.26. The summed E-state index contributed by atoms with van der Waals surface area (Å²) in [6.07, 6.45) is 3.41. The monoisotopic (exact) mass is 261 g/mol. The lowest BCUT2D eigenvalue weighted by atomic mass is 10.2. The van der Waals surface area contributed by atoms with Crippen molar-refractivity contribution in [2.24, 2.45) is 0 Å². The topological polar surface area (TPSA) is 28.2 Å². The van der Waals surface area contributed by atoms with E-state index in [1.165, 1.54) is 11.3 Å². The van der Waals surface area contributed by atoms with Gasteiger partial charge in [0.05, 0.1) is 16.9 Å². The van der Waals surface area contributed by atoms with Crippen LogP contribution >= 0.6 is 11.6 Å². The van der Waals surface area contributed by atoms with E-state index in [2.05, 4.69) is 39.5 Å². The highest BCUT2D eigenvalue weighted by molar-refractivity contribution is 6.33. The summed E-state index contributed by atoms with van der Waals surface area (Å²) in [4.78, 5) is 6.12. The summed E-state index contributed by atoms with van der Waals surface area (Å²) in [5.74, 6) is 0. The van der Waals surface area contributed by atoms with Crippen molar-refractivity contribution in [1.82, 2.24) is 4.98 Å². The predicted molar refractivity (Wildman–Crippen MR) is 77.3 cm³/mol. The average Bonchev–Trinajstić information content (AvgIpc) is 2.38. The van der Waals surface area contributed by atoms with E-state index in [1.807, 2.05) is 14.1 Å². The van der Waals surface area contributed by atoms with E-state index in [9.17, 15) is 0 Å². The van der Waals surface area contributed by atoms with Gasteiger partial charge < -0.3 is 10.2 Å². The second-order valence-corrected chi connectivity index (χ2v) is 4.68. The quantitative estimate of drug-likeness (QED) is 0.914. The van der Waals surface area contributed by atoms with Crippen molar-refractivity contribution in [1.29, 1.82) is 0 Å². The fourth-order valence-corrected chi connectivity index (χ4v) is 1.79. The molecule has 0 bridgehead atoms. The Labute approximate surface area is 112 Å². The fourth-order valence-electron chi connectivity index (χ4n) is 1.62. The normalized spacial score (nSPS) is 10.2. The number of hydrogen-bond acceptors (Lipinski definition) is 3. The number of anilines is 2. The molecule has 2 aromatic rings. The summed E-state index contributed by atoms with van der Waals surface area (Å²) >= 11 is 6.05. The molecule has 0 spiro atoms. The van der Waals surface area contributed by atoms with Crippen molar-refractivity contribution >= 4 is 23.0 Å². The molecule has 0 aliphatic rings. The molecule has 0 atom stereocenters. The van der Waals surface area contributed by atoms with Crippen LogP contribution in [0.25, 0.3) is 0 Å². The molecule has 18 heavy (non-hydrogen) atoms. The first-order valence-corrected chi connectivity index (χ1v) is 6.14. The molecule has 94 valence electrons. The first-order valence-electron chi connectivity index (χ1n) is 5.76. The van der Waals surface area contributed by atoms with E-state index in [4.69, 9.17) is 11.6 Å². The van der Waals surface area contributed by atoms with Crippen LogP contribution in [0, 0.1) is 0 Å². The van der Waals surface area contributed by atoms with Gasteiger partial charge in [-0.3, -0.25) is 4.98 Å². The molecule has 0 aliphatic heterocycles. The molecule has 1 aromatic heterocycles. The summed E-state index contributed by atoms with van der Waals surface area (Å²) in [5, 5.41) is 3.96. The molecule has 0 radical (unpaired) electrons. The summed E-state index contributed by atoms with van der Waals surface area (Å²) in [6.45, 7) is 0.735. The van der Waals surface area contributed by atoms with Crippen LogP contribution < -0.4 is 10.2 Å². The third kappa shape index (κ3) is 3.14. The molecule has 0 fully saturated rings. The van der Waals surface area contributed by atoms with E-state index < -0.39 is 0 Å². The van der Waals surface area contributed by atoms with Gasteiger partial charge in [0.25, 0.3) is 0 Å². The molecule has 0 unspecified atom stereocenters. The Balaban J connectivity index is 2.00. The van der Waals surface area contributed by atoms with E-state index in [0.29, 0.717) is 5.02 Å². The summed E-state index contributed by atoms with van der Waals surface area (Å²) in [6, 6.07) is 10.2. The standard InChI is InChI=1S/C14H16ClN3/c1-18(2)12-5-3-11(4-6-12)9-17-14-10-16-8-7-13(14)15/h3-8,10,17H,9H2,1-2H3. The van der Waals surface area contributed by atoms with Crippen molar-refractivity contribution in [3.8, 4) is 0 Å². The Hall–Kier alpha value is -1.74. The van der Waals surface area contributed by atoms with Gasteiger partial charge in [-0.1, -0.05) is 23.7 Å². The van der Waals surface area contributed by atoms with Crippen LogP contribution in [0.4, 0.5) is 11.4 Å². The lowest BCUT2D eigenvalue weighted by Crippen LogP contribution is -2.08.